The van der Waals surface area contributed by atoms with E-state index in [9.17, 15) is 19.2 Å². The second-order valence-corrected chi connectivity index (χ2v) is 6.70. The Balaban J connectivity index is 2.50. The van der Waals surface area contributed by atoms with Crippen LogP contribution in [0.4, 0.5) is 4.79 Å². The molecule has 1 saturated heterocycles. The number of alkyl carbamates (subject to hydrolysis) is 1. The molecule has 0 radical (unpaired) electrons. The van der Waals surface area contributed by atoms with Crippen LogP contribution in [0.25, 0.3) is 0 Å². The molecule has 4 N–H and O–H groups in total. The van der Waals surface area contributed by atoms with Gasteiger partial charge in [-0.2, -0.15) is 0 Å². The highest BCUT2D eigenvalue weighted by atomic mass is 16.6. The molecule has 0 aliphatic carbocycles. The van der Waals surface area contributed by atoms with E-state index in [0.717, 1.165) is 12.8 Å². The van der Waals surface area contributed by atoms with Gasteiger partial charge in [0.1, 0.15) is 18.2 Å². The maximum absolute atomic E-state index is 12.3. The van der Waals surface area contributed by atoms with E-state index in [-0.39, 0.29) is 19.0 Å². The van der Waals surface area contributed by atoms with Gasteiger partial charge in [0.15, 0.2) is 0 Å². The van der Waals surface area contributed by atoms with Gasteiger partial charge in [-0.15, -0.1) is 0 Å². The smallest absolute Gasteiger partial charge is 0.408 e. The molecule has 9 nitrogen and oxygen atoms in total. The number of ether oxygens (including phenoxy) is 1. The van der Waals surface area contributed by atoms with Crippen LogP contribution in [0.2, 0.25) is 0 Å². The molecule has 136 valence electrons. The minimum absolute atomic E-state index is 0.165. The average molecular weight is 342 g/mol. The quantitative estimate of drug-likeness (QED) is 0.619. The standard InChI is InChI=1S/C15H26N4O5/c1-15(2,3)24-14(23)17-8-12(21)18-10-6-4-5-7-19(13(10)22)9-11(16)20/h10H,4-9H2,1-3H3,(H2,16,20)(H,17,23)(H,18,21). The van der Waals surface area contributed by atoms with Gasteiger partial charge in [0.05, 0.1) is 6.54 Å². The highest BCUT2D eigenvalue weighted by Gasteiger charge is 2.29. The van der Waals surface area contributed by atoms with Crippen LogP contribution in [-0.4, -0.2) is 60.0 Å². The fourth-order valence-corrected chi connectivity index (χ4v) is 2.30. The van der Waals surface area contributed by atoms with E-state index in [2.05, 4.69) is 10.6 Å². The lowest BCUT2D eigenvalue weighted by Gasteiger charge is -2.24. The van der Waals surface area contributed by atoms with E-state index in [0.29, 0.717) is 13.0 Å². The summed E-state index contributed by atoms with van der Waals surface area (Å²) in [6.07, 6.45) is 1.25. The van der Waals surface area contributed by atoms with Crippen molar-refractivity contribution in [3.63, 3.8) is 0 Å². The third kappa shape index (κ3) is 7.30. The monoisotopic (exact) mass is 342 g/mol. The summed E-state index contributed by atoms with van der Waals surface area (Å²) in [5.74, 6) is -1.43. The maximum Gasteiger partial charge on any atom is 0.408 e. The molecule has 0 aromatic carbocycles. The van der Waals surface area contributed by atoms with E-state index in [1.807, 2.05) is 0 Å². The lowest BCUT2D eigenvalue weighted by molar-refractivity contribution is -0.138. The molecule has 24 heavy (non-hydrogen) atoms. The van der Waals surface area contributed by atoms with Crippen LogP contribution in [0.15, 0.2) is 0 Å². The van der Waals surface area contributed by atoms with Crippen molar-refractivity contribution < 1.29 is 23.9 Å². The number of amides is 4. The zero-order valence-corrected chi connectivity index (χ0v) is 14.4. The summed E-state index contributed by atoms with van der Waals surface area (Å²) in [6, 6.07) is -0.722. The molecular formula is C15H26N4O5. The summed E-state index contributed by atoms with van der Waals surface area (Å²) in [7, 11) is 0. The van der Waals surface area contributed by atoms with Gasteiger partial charge >= 0.3 is 6.09 Å². The highest BCUT2D eigenvalue weighted by Crippen LogP contribution is 2.12. The summed E-state index contributed by atoms with van der Waals surface area (Å²) in [6.45, 7) is 5.11. The number of hydrogen-bond donors (Lipinski definition) is 3. The molecular weight excluding hydrogens is 316 g/mol. The Kier molecular flexibility index (Phi) is 6.99. The summed E-state index contributed by atoms with van der Waals surface area (Å²) >= 11 is 0. The number of primary amides is 1. The lowest BCUT2D eigenvalue weighted by Crippen LogP contribution is -2.51. The van der Waals surface area contributed by atoms with Crippen LogP contribution in [-0.2, 0) is 19.1 Å². The molecule has 0 bridgehead atoms. The van der Waals surface area contributed by atoms with Gasteiger partial charge in [0.25, 0.3) is 0 Å². The predicted molar refractivity (Wildman–Crippen MR) is 85.8 cm³/mol. The lowest BCUT2D eigenvalue weighted by atomic mass is 10.1. The fourth-order valence-electron chi connectivity index (χ4n) is 2.30. The van der Waals surface area contributed by atoms with Gasteiger partial charge in [-0.05, 0) is 40.0 Å². The first-order valence-corrected chi connectivity index (χ1v) is 7.92. The third-order valence-corrected chi connectivity index (χ3v) is 3.25. The van der Waals surface area contributed by atoms with Crippen LogP contribution < -0.4 is 16.4 Å². The fraction of sp³-hybridized carbons (Fsp3) is 0.733. The van der Waals surface area contributed by atoms with Crippen LogP contribution >= 0.6 is 0 Å². The van der Waals surface area contributed by atoms with Crippen molar-refractivity contribution in [1.29, 1.82) is 0 Å². The topological polar surface area (TPSA) is 131 Å². The Bertz CT molecular complexity index is 501. The minimum atomic E-state index is -0.722. The molecule has 0 spiro atoms. The summed E-state index contributed by atoms with van der Waals surface area (Å²) in [4.78, 5) is 48.1. The maximum atomic E-state index is 12.3. The SMILES string of the molecule is CC(C)(C)OC(=O)NCC(=O)NC1CCCCN(CC(N)=O)C1=O. The molecule has 0 aromatic rings. The Morgan fingerprint density at radius 1 is 1.29 bits per heavy atom. The second-order valence-electron chi connectivity index (χ2n) is 6.70. The van der Waals surface area contributed by atoms with Crippen molar-refractivity contribution in [1.82, 2.24) is 15.5 Å². The predicted octanol–water partition coefficient (Wildman–Crippen LogP) is -0.506. The van der Waals surface area contributed by atoms with Crippen LogP contribution in [0.5, 0.6) is 0 Å². The Morgan fingerprint density at radius 3 is 2.54 bits per heavy atom. The van der Waals surface area contributed by atoms with E-state index in [1.165, 1.54) is 4.90 Å². The number of carbonyl (C=O) groups excluding carboxylic acids is 4. The van der Waals surface area contributed by atoms with Gasteiger partial charge in [-0.25, -0.2) is 4.79 Å². The molecule has 1 rings (SSSR count). The minimum Gasteiger partial charge on any atom is -0.444 e. The number of nitrogens with two attached hydrogens (primary N) is 1. The summed E-state index contributed by atoms with van der Waals surface area (Å²) in [5, 5.41) is 4.91. The van der Waals surface area contributed by atoms with Gasteiger partial charge in [-0.3, -0.25) is 14.4 Å². The van der Waals surface area contributed by atoms with Gasteiger partial charge in [-0.1, -0.05) is 0 Å². The molecule has 9 heteroatoms. The molecule has 0 saturated carbocycles. The molecule has 1 aliphatic heterocycles. The van der Waals surface area contributed by atoms with E-state index >= 15 is 0 Å². The average Bonchev–Trinajstić information content (AvgIpc) is 2.58. The van der Waals surface area contributed by atoms with Crippen molar-refractivity contribution in [2.45, 2.75) is 51.7 Å². The number of nitrogens with zero attached hydrogens (tertiary/aromatic N) is 1. The van der Waals surface area contributed by atoms with Crippen molar-refractivity contribution in [3.8, 4) is 0 Å². The largest absolute Gasteiger partial charge is 0.444 e. The summed E-state index contributed by atoms with van der Waals surface area (Å²) in [5.41, 5.74) is 4.47. The Hall–Kier alpha value is -2.32. The van der Waals surface area contributed by atoms with Gasteiger partial charge in [0, 0.05) is 6.54 Å². The molecule has 0 aromatic heterocycles. The van der Waals surface area contributed by atoms with Gasteiger partial charge in [0.2, 0.25) is 17.7 Å². The van der Waals surface area contributed by atoms with Crippen LogP contribution in [0, 0.1) is 0 Å². The van der Waals surface area contributed by atoms with Crippen molar-refractivity contribution >= 4 is 23.8 Å². The first-order chi connectivity index (χ1) is 11.1. The van der Waals surface area contributed by atoms with Crippen molar-refractivity contribution in [2.75, 3.05) is 19.6 Å². The molecule has 1 unspecified atom stereocenters. The number of carbonyl (C=O) groups is 4. The molecule has 1 atom stereocenters. The molecule has 1 aliphatic rings. The normalized spacial score (nSPS) is 18.5. The first-order valence-electron chi connectivity index (χ1n) is 7.92. The highest BCUT2D eigenvalue weighted by molar-refractivity contribution is 5.91. The molecule has 4 amide bonds. The molecule has 1 heterocycles. The number of rotatable bonds is 5. The zero-order valence-electron chi connectivity index (χ0n) is 14.4. The molecule has 1 fully saturated rings. The second kappa shape index (κ2) is 8.51. The van der Waals surface area contributed by atoms with Gasteiger partial charge < -0.3 is 26.0 Å². The first kappa shape index (κ1) is 19.7. The van der Waals surface area contributed by atoms with E-state index in [4.69, 9.17) is 10.5 Å². The Morgan fingerprint density at radius 2 is 1.96 bits per heavy atom. The number of hydrogen-bond acceptors (Lipinski definition) is 5. The number of nitrogens with one attached hydrogen (secondary N) is 2. The van der Waals surface area contributed by atoms with Crippen LogP contribution in [0.1, 0.15) is 40.0 Å². The Labute approximate surface area is 141 Å². The van der Waals surface area contributed by atoms with E-state index in [1.54, 1.807) is 20.8 Å². The van der Waals surface area contributed by atoms with E-state index < -0.39 is 29.6 Å². The van der Waals surface area contributed by atoms with Crippen molar-refractivity contribution in [3.05, 3.63) is 0 Å². The van der Waals surface area contributed by atoms with Crippen molar-refractivity contribution in [2.24, 2.45) is 5.73 Å². The third-order valence-electron chi connectivity index (χ3n) is 3.25. The summed E-state index contributed by atoms with van der Waals surface area (Å²) < 4.78 is 5.02. The zero-order chi connectivity index (χ0) is 18.3. The van der Waals surface area contributed by atoms with Crippen LogP contribution in [0.3, 0.4) is 0 Å². The number of likely N-dealkylation sites (tertiary alicyclic amines) is 1.